The summed E-state index contributed by atoms with van der Waals surface area (Å²) in [5, 5.41) is 8.28. The van der Waals surface area contributed by atoms with Gasteiger partial charge in [-0.15, -0.1) is 0 Å². The van der Waals surface area contributed by atoms with Crippen LogP contribution < -0.4 is 0 Å². The van der Waals surface area contributed by atoms with Crippen LogP contribution >= 0.6 is 0 Å². The molecule has 0 aromatic heterocycles. The Morgan fingerprint density at radius 2 is 2.17 bits per heavy atom. The summed E-state index contributed by atoms with van der Waals surface area (Å²) < 4.78 is 4.71. The van der Waals surface area contributed by atoms with Crippen LogP contribution in [-0.4, -0.2) is 29.0 Å². The van der Waals surface area contributed by atoms with E-state index < -0.39 is 17.6 Å². The second kappa shape index (κ2) is 2.48. The Morgan fingerprint density at radius 1 is 1.58 bits per heavy atom. The Bertz CT molecular complexity index is 277. The van der Waals surface area contributed by atoms with E-state index in [2.05, 4.69) is 0 Å². The van der Waals surface area contributed by atoms with Crippen molar-refractivity contribution in [1.82, 2.24) is 4.90 Å². The molecule has 0 N–H and O–H groups in total. The highest BCUT2D eigenvalue weighted by atomic mass is 16.6. The van der Waals surface area contributed by atoms with Crippen LogP contribution in [-0.2, 0) is 9.53 Å². The summed E-state index contributed by atoms with van der Waals surface area (Å²) in [5.41, 5.74) is -1.12. The standard InChI is InChI=1S/C7H8N2O3/c1-7(2)5(10)9(4-3-8)6(11)12-7/h4H2,1-2H3. The maximum absolute atomic E-state index is 11.3. The maximum atomic E-state index is 11.3. The normalized spacial score (nSPS) is 20.6. The van der Waals surface area contributed by atoms with E-state index in [1.165, 1.54) is 13.8 Å². The van der Waals surface area contributed by atoms with Gasteiger partial charge >= 0.3 is 6.09 Å². The van der Waals surface area contributed by atoms with Crippen LogP contribution in [0.2, 0.25) is 0 Å². The van der Waals surface area contributed by atoms with Crippen LogP contribution in [0.3, 0.4) is 0 Å². The zero-order valence-corrected chi connectivity index (χ0v) is 6.83. The van der Waals surface area contributed by atoms with Gasteiger partial charge in [0.25, 0.3) is 5.91 Å². The van der Waals surface area contributed by atoms with Gasteiger partial charge in [0.05, 0.1) is 6.07 Å². The smallest absolute Gasteiger partial charge is 0.418 e. The summed E-state index contributed by atoms with van der Waals surface area (Å²) in [4.78, 5) is 23.0. The summed E-state index contributed by atoms with van der Waals surface area (Å²) >= 11 is 0. The summed E-state index contributed by atoms with van der Waals surface area (Å²) in [6.45, 7) is 2.73. The highest BCUT2D eigenvalue weighted by molar-refractivity contribution is 6.02. The molecule has 1 saturated heterocycles. The molecule has 0 bridgehead atoms. The van der Waals surface area contributed by atoms with Gasteiger partial charge in [-0.3, -0.25) is 4.79 Å². The van der Waals surface area contributed by atoms with Gasteiger partial charge < -0.3 is 4.74 Å². The second-order valence-corrected chi connectivity index (χ2v) is 2.93. The summed E-state index contributed by atoms with van der Waals surface area (Å²) in [6, 6.07) is 1.71. The lowest BCUT2D eigenvalue weighted by atomic mass is 10.1. The predicted molar refractivity (Wildman–Crippen MR) is 37.9 cm³/mol. The fraction of sp³-hybridized carbons (Fsp3) is 0.571. The zero-order chi connectivity index (χ0) is 9.35. The highest BCUT2D eigenvalue weighted by Gasteiger charge is 2.46. The lowest BCUT2D eigenvalue weighted by molar-refractivity contribution is -0.134. The highest BCUT2D eigenvalue weighted by Crippen LogP contribution is 2.22. The molecule has 0 unspecified atom stereocenters. The average Bonchev–Trinajstić information content (AvgIpc) is 2.13. The zero-order valence-electron chi connectivity index (χ0n) is 6.83. The molecule has 1 rings (SSSR count). The Balaban J connectivity index is 2.87. The van der Waals surface area contributed by atoms with E-state index in [9.17, 15) is 9.59 Å². The molecule has 1 aliphatic rings. The van der Waals surface area contributed by atoms with Gasteiger partial charge in [-0.2, -0.15) is 5.26 Å². The van der Waals surface area contributed by atoms with E-state index in [1.807, 2.05) is 0 Å². The van der Waals surface area contributed by atoms with E-state index in [0.29, 0.717) is 0 Å². The van der Waals surface area contributed by atoms with Crippen molar-refractivity contribution in [1.29, 1.82) is 5.26 Å². The SMILES string of the molecule is CC1(C)OC(=O)N(CC#N)C1=O. The largest absolute Gasteiger partial charge is 0.433 e. The Kier molecular flexibility index (Phi) is 1.76. The minimum absolute atomic E-state index is 0.249. The average molecular weight is 168 g/mol. The summed E-state index contributed by atoms with van der Waals surface area (Å²) in [5.74, 6) is -0.464. The molecule has 0 radical (unpaired) electrons. The number of carbonyl (C=O) groups excluding carboxylic acids is 2. The molecule has 12 heavy (non-hydrogen) atoms. The molecule has 1 fully saturated rings. The van der Waals surface area contributed by atoms with E-state index in [-0.39, 0.29) is 6.54 Å². The number of amides is 2. The number of carbonyl (C=O) groups is 2. The van der Waals surface area contributed by atoms with E-state index in [4.69, 9.17) is 10.00 Å². The fourth-order valence-corrected chi connectivity index (χ4v) is 0.932. The first-order valence-corrected chi connectivity index (χ1v) is 3.41. The molecule has 1 aliphatic heterocycles. The first kappa shape index (κ1) is 8.53. The number of hydrogen-bond acceptors (Lipinski definition) is 4. The fourth-order valence-electron chi connectivity index (χ4n) is 0.932. The lowest BCUT2D eigenvalue weighted by Gasteiger charge is -2.11. The predicted octanol–water partition coefficient (Wildman–Crippen LogP) is 0.267. The van der Waals surface area contributed by atoms with Crippen molar-refractivity contribution in [3.63, 3.8) is 0 Å². The molecule has 5 heteroatoms. The third kappa shape index (κ3) is 1.11. The molecule has 0 saturated carbocycles. The molecule has 2 amide bonds. The summed E-state index contributed by atoms with van der Waals surface area (Å²) in [7, 11) is 0. The number of ether oxygens (including phenoxy) is 1. The van der Waals surface area contributed by atoms with Crippen LogP contribution in [0.1, 0.15) is 13.8 Å². The minimum atomic E-state index is -1.12. The van der Waals surface area contributed by atoms with Crippen molar-refractivity contribution in [2.45, 2.75) is 19.4 Å². The van der Waals surface area contributed by atoms with Crippen molar-refractivity contribution in [2.75, 3.05) is 6.54 Å². The lowest BCUT2D eigenvalue weighted by Crippen LogP contribution is -2.36. The number of nitrogens with zero attached hydrogens (tertiary/aromatic N) is 2. The van der Waals surface area contributed by atoms with E-state index >= 15 is 0 Å². The van der Waals surface area contributed by atoms with Gasteiger partial charge in [0, 0.05) is 0 Å². The minimum Gasteiger partial charge on any atom is -0.433 e. The van der Waals surface area contributed by atoms with Gasteiger partial charge in [0.1, 0.15) is 6.54 Å². The Hall–Kier alpha value is -1.57. The molecule has 0 atom stereocenters. The number of cyclic esters (lactones) is 1. The van der Waals surface area contributed by atoms with Gasteiger partial charge in [-0.05, 0) is 13.8 Å². The monoisotopic (exact) mass is 168 g/mol. The quantitative estimate of drug-likeness (QED) is 0.527. The third-order valence-corrected chi connectivity index (χ3v) is 1.55. The molecular weight excluding hydrogens is 160 g/mol. The van der Waals surface area contributed by atoms with Gasteiger partial charge in [-0.1, -0.05) is 0 Å². The molecule has 0 aromatic rings. The van der Waals surface area contributed by atoms with Crippen LogP contribution in [0.25, 0.3) is 0 Å². The van der Waals surface area contributed by atoms with Gasteiger partial charge in [0.2, 0.25) is 0 Å². The molecular formula is C7H8N2O3. The molecule has 0 spiro atoms. The van der Waals surface area contributed by atoms with Crippen molar-refractivity contribution < 1.29 is 14.3 Å². The molecule has 0 aromatic carbocycles. The van der Waals surface area contributed by atoms with Crippen molar-refractivity contribution in [3.8, 4) is 6.07 Å². The molecule has 1 heterocycles. The number of hydrogen-bond donors (Lipinski definition) is 0. The first-order chi connectivity index (χ1) is 5.49. The second-order valence-electron chi connectivity index (χ2n) is 2.93. The third-order valence-electron chi connectivity index (χ3n) is 1.55. The topological polar surface area (TPSA) is 70.4 Å². The Morgan fingerprint density at radius 3 is 2.50 bits per heavy atom. The van der Waals surface area contributed by atoms with Gasteiger partial charge in [0.15, 0.2) is 5.60 Å². The number of nitriles is 1. The Labute approximate surface area is 69.5 Å². The van der Waals surface area contributed by atoms with E-state index in [1.54, 1.807) is 6.07 Å². The molecule has 0 aliphatic carbocycles. The number of imide groups is 1. The van der Waals surface area contributed by atoms with Crippen LogP contribution in [0.5, 0.6) is 0 Å². The molecule has 64 valence electrons. The van der Waals surface area contributed by atoms with Crippen molar-refractivity contribution >= 4 is 12.0 Å². The number of rotatable bonds is 1. The van der Waals surface area contributed by atoms with Crippen LogP contribution in [0.4, 0.5) is 4.79 Å². The van der Waals surface area contributed by atoms with Gasteiger partial charge in [-0.25, -0.2) is 9.69 Å². The van der Waals surface area contributed by atoms with Crippen LogP contribution in [0.15, 0.2) is 0 Å². The summed E-state index contributed by atoms with van der Waals surface area (Å²) in [6.07, 6.45) is -0.744. The maximum Gasteiger partial charge on any atom is 0.418 e. The van der Waals surface area contributed by atoms with Crippen LogP contribution in [0, 0.1) is 11.3 Å². The van der Waals surface area contributed by atoms with Crippen molar-refractivity contribution in [2.24, 2.45) is 0 Å². The first-order valence-electron chi connectivity index (χ1n) is 3.41. The molecule has 5 nitrogen and oxygen atoms in total. The van der Waals surface area contributed by atoms with Crippen molar-refractivity contribution in [3.05, 3.63) is 0 Å². The van der Waals surface area contributed by atoms with E-state index in [0.717, 1.165) is 4.90 Å².